The van der Waals surface area contributed by atoms with E-state index in [0.29, 0.717) is 22.6 Å². The number of furan rings is 1. The summed E-state index contributed by atoms with van der Waals surface area (Å²) in [6.45, 7) is 0.226. The van der Waals surface area contributed by atoms with E-state index in [1.165, 1.54) is 29.2 Å². The summed E-state index contributed by atoms with van der Waals surface area (Å²) >= 11 is 5.96. The number of para-hydroxylation sites is 1. The molecule has 0 aliphatic carbocycles. The fourth-order valence-electron chi connectivity index (χ4n) is 4.23. The van der Waals surface area contributed by atoms with Gasteiger partial charge in [-0.05, 0) is 53.9 Å². The van der Waals surface area contributed by atoms with Crippen molar-refractivity contribution >= 4 is 34.3 Å². The number of hydrogen-bond acceptors (Lipinski definition) is 4. The molecule has 4 aromatic rings. The number of rotatable bonds is 6. The quantitative estimate of drug-likeness (QED) is 0.345. The minimum Gasteiger partial charge on any atom is -0.503 e. The van der Waals surface area contributed by atoms with Crippen molar-refractivity contribution in [2.45, 2.75) is 12.5 Å². The summed E-state index contributed by atoms with van der Waals surface area (Å²) in [6, 6.07) is 20.6. The Kier molecular flexibility index (Phi) is 5.67. The van der Waals surface area contributed by atoms with Crippen molar-refractivity contribution in [1.29, 1.82) is 0 Å². The Hall–Kier alpha value is -3.90. The lowest BCUT2D eigenvalue weighted by Gasteiger charge is -2.26. The predicted molar refractivity (Wildman–Crippen MR) is 126 cm³/mol. The molecule has 5 nitrogen and oxygen atoms in total. The van der Waals surface area contributed by atoms with Crippen LogP contribution in [-0.4, -0.2) is 28.2 Å². The van der Waals surface area contributed by atoms with Crippen LogP contribution in [0.15, 0.2) is 94.6 Å². The van der Waals surface area contributed by atoms with Crippen LogP contribution in [-0.2, 0) is 11.2 Å². The molecule has 2 heterocycles. The average molecular weight is 476 g/mol. The number of benzene rings is 3. The molecule has 170 valence electrons. The van der Waals surface area contributed by atoms with Crippen molar-refractivity contribution < 1.29 is 23.5 Å². The number of ketones is 1. The van der Waals surface area contributed by atoms with E-state index in [2.05, 4.69) is 0 Å². The van der Waals surface area contributed by atoms with Gasteiger partial charge in [-0.25, -0.2) is 4.39 Å². The first-order valence-corrected chi connectivity index (χ1v) is 11.1. The van der Waals surface area contributed by atoms with Gasteiger partial charge >= 0.3 is 0 Å². The number of halogens is 2. The highest BCUT2D eigenvalue weighted by Crippen LogP contribution is 2.39. The lowest BCUT2D eigenvalue weighted by Crippen LogP contribution is -2.33. The van der Waals surface area contributed by atoms with Gasteiger partial charge in [0, 0.05) is 17.0 Å². The smallest absolute Gasteiger partial charge is 0.290 e. The molecular formula is C27H19ClFNO4. The number of nitrogens with zero attached hydrogens (tertiary/aromatic N) is 1. The van der Waals surface area contributed by atoms with Crippen LogP contribution in [0.5, 0.6) is 0 Å². The normalized spacial score (nSPS) is 16.0. The number of hydrogen-bond donors (Lipinski definition) is 1. The molecule has 0 saturated heterocycles. The zero-order chi connectivity index (χ0) is 23.8. The SMILES string of the molecule is O=C(C1=C(O)C(=O)N(CCc2ccc(Cl)cc2)C1c1ccc(F)cc1)c1cc2ccccc2o1. The van der Waals surface area contributed by atoms with Crippen LogP contribution < -0.4 is 0 Å². The minimum absolute atomic E-state index is 0.0159. The minimum atomic E-state index is -0.888. The Balaban J connectivity index is 1.52. The van der Waals surface area contributed by atoms with E-state index in [-0.39, 0.29) is 17.9 Å². The molecule has 5 rings (SSSR count). The lowest BCUT2D eigenvalue weighted by molar-refractivity contribution is -0.129. The van der Waals surface area contributed by atoms with Gasteiger partial charge in [-0.2, -0.15) is 0 Å². The van der Waals surface area contributed by atoms with E-state index in [4.69, 9.17) is 16.0 Å². The fourth-order valence-corrected chi connectivity index (χ4v) is 4.36. The van der Waals surface area contributed by atoms with Crippen LogP contribution in [0.1, 0.15) is 27.7 Å². The van der Waals surface area contributed by atoms with Crippen molar-refractivity contribution in [3.05, 3.63) is 118 Å². The molecule has 7 heteroatoms. The van der Waals surface area contributed by atoms with Crippen molar-refractivity contribution in [1.82, 2.24) is 4.90 Å². The standard InChI is InChI=1S/C27H19ClFNO4/c28-19-9-5-16(6-10-19)13-14-30-24(17-7-11-20(29)12-8-17)23(26(32)27(30)33)25(31)22-15-18-3-1-2-4-21(18)34-22/h1-12,15,24,32H,13-14H2. The first-order valence-electron chi connectivity index (χ1n) is 10.7. The van der Waals surface area contributed by atoms with E-state index >= 15 is 0 Å². The molecule has 0 spiro atoms. The van der Waals surface area contributed by atoms with Gasteiger partial charge in [-0.15, -0.1) is 0 Å². The van der Waals surface area contributed by atoms with E-state index < -0.39 is 29.3 Å². The molecular weight excluding hydrogens is 457 g/mol. The Morgan fingerprint density at radius 1 is 1.03 bits per heavy atom. The van der Waals surface area contributed by atoms with Gasteiger partial charge in [0.05, 0.1) is 11.6 Å². The van der Waals surface area contributed by atoms with E-state index in [0.717, 1.165) is 10.9 Å². The number of Topliss-reactive ketones (excluding diaryl/α,β-unsaturated/α-hetero) is 1. The number of fused-ring (bicyclic) bond motifs is 1. The van der Waals surface area contributed by atoms with Gasteiger partial charge in [0.25, 0.3) is 5.91 Å². The highest BCUT2D eigenvalue weighted by molar-refractivity contribution is 6.30. The highest BCUT2D eigenvalue weighted by atomic mass is 35.5. The van der Waals surface area contributed by atoms with E-state index in [1.807, 2.05) is 18.2 Å². The average Bonchev–Trinajstić information content (AvgIpc) is 3.38. The molecule has 0 fully saturated rings. The summed E-state index contributed by atoms with van der Waals surface area (Å²) in [5.74, 6) is -2.31. The molecule has 1 atom stereocenters. The van der Waals surface area contributed by atoms with Gasteiger partial charge in [-0.3, -0.25) is 9.59 Å². The third-order valence-corrected chi connectivity index (χ3v) is 6.19. The number of aliphatic hydroxyl groups excluding tert-OH is 1. The summed E-state index contributed by atoms with van der Waals surface area (Å²) in [4.78, 5) is 28.0. The second-order valence-electron chi connectivity index (χ2n) is 8.07. The predicted octanol–water partition coefficient (Wildman–Crippen LogP) is 6.05. The molecule has 1 amide bonds. The monoisotopic (exact) mass is 475 g/mol. The van der Waals surface area contributed by atoms with Gasteiger partial charge in [0.1, 0.15) is 11.4 Å². The molecule has 34 heavy (non-hydrogen) atoms. The molecule has 1 aliphatic heterocycles. The van der Waals surface area contributed by atoms with Crippen molar-refractivity contribution in [2.24, 2.45) is 0 Å². The molecule has 1 aromatic heterocycles. The maximum absolute atomic E-state index is 13.6. The fraction of sp³-hybridized carbons (Fsp3) is 0.111. The third-order valence-electron chi connectivity index (χ3n) is 5.94. The van der Waals surface area contributed by atoms with E-state index in [1.54, 1.807) is 36.4 Å². The van der Waals surface area contributed by atoms with Gasteiger partial charge in [0.15, 0.2) is 11.5 Å². The molecule has 1 unspecified atom stereocenters. The maximum Gasteiger partial charge on any atom is 0.290 e. The Morgan fingerprint density at radius 3 is 2.44 bits per heavy atom. The van der Waals surface area contributed by atoms with Crippen LogP contribution in [0.3, 0.4) is 0 Å². The number of carbonyl (C=O) groups is 2. The summed E-state index contributed by atoms with van der Waals surface area (Å²) in [5.41, 5.74) is 1.88. The Bertz CT molecular complexity index is 1390. The molecule has 0 saturated carbocycles. The molecule has 3 aromatic carbocycles. The third kappa shape index (κ3) is 3.97. The summed E-state index contributed by atoms with van der Waals surface area (Å²) < 4.78 is 19.3. The van der Waals surface area contributed by atoms with Crippen LogP contribution in [0.2, 0.25) is 5.02 Å². The van der Waals surface area contributed by atoms with Crippen LogP contribution in [0.4, 0.5) is 4.39 Å². The van der Waals surface area contributed by atoms with Crippen LogP contribution >= 0.6 is 11.6 Å². The zero-order valence-corrected chi connectivity index (χ0v) is 18.6. The zero-order valence-electron chi connectivity index (χ0n) is 17.9. The van der Waals surface area contributed by atoms with Crippen molar-refractivity contribution in [2.75, 3.05) is 6.54 Å². The summed E-state index contributed by atoms with van der Waals surface area (Å²) in [5, 5.41) is 12.1. The van der Waals surface area contributed by atoms with Gasteiger partial charge < -0.3 is 14.4 Å². The van der Waals surface area contributed by atoms with Gasteiger partial charge in [0.2, 0.25) is 5.78 Å². The van der Waals surface area contributed by atoms with Crippen LogP contribution in [0, 0.1) is 5.82 Å². The number of aliphatic hydroxyl groups is 1. The highest BCUT2D eigenvalue weighted by Gasteiger charge is 2.44. The number of carbonyl (C=O) groups excluding carboxylic acids is 2. The van der Waals surface area contributed by atoms with E-state index in [9.17, 15) is 19.1 Å². The molecule has 1 N–H and O–H groups in total. The molecule has 0 radical (unpaired) electrons. The number of amides is 1. The second kappa shape index (κ2) is 8.80. The Labute approximate surface area is 199 Å². The maximum atomic E-state index is 13.6. The van der Waals surface area contributed by atoms with Crippen molar-refractivity contribution in [3.8, 4) is 0 Å². The summed E-state index contributed by atoms with van der Waals surface area (Å²) in [7, 11) is 0. The lowest BCUT2D eigenvalue weighted by atomic mass is 9.94. The van der Waals surface area contributed by atoms with Crippen molar-refractivity contribution in [3.63, 3.8) is 0 Å². The molecule has 0 bridgehead atoms. The first kappa shape index (κ1) is 21.9. The Morgan fingerprint density at radius 2 is 1.74 bits per heavy atom. The second-order valence-corrected chi connectivity index (χ2v) is 8.51. The molecule has 1 aliphatic rings. The van der Waals surface area contributed by atoms with Gasteiger partial charge in [-0.1, -0.05) is 54.1 Å². The summed E-state index contributed by atoms with van der Waals surface area (Å²) in [6.07, 6.45) is 0.472. The topological polar surface area (TPSA) is 70.8 Å². The first-order chi connectivity index (χ1) is 16.4. The largest absolute Gasteiger partial charge is 0.503 e. The van der Waals surface area contributed by atoms with Crippen LogP contribution in [0.25, 0.3) is 11.0 Å².